The molecule has 34 heavy (non-hydrogen) atoms. The van der Waals surface area contributed by atoms with Crippen molar-refractivity contribution in [2.24, 2.45) is 4.99 Å². The summed E-state index contributed by atoms with van der Waals surface area (Å²) in [5, 5.41) is 9.63. The Kier molecular flexibility index (Phi) is 7.03. The van der Waals surface area contributed by atoms with Gasteiger partial charge in [0.05, 0.1) is 30.5 Å². The highest BCUT2D eigenvalue weighted by Gasteiger charge is 2.34. The second-order valence-electron chi connectivity index (χ2n) is 7.32. The number of aliphatic carboxylic acids is 1. The monoisotopic (exact) mass is 478 g/mol. The number of methoxy groups -OCH3 is 1. The van der Waals surface area contributed by atoms with Crippen LogP contribution in [-0.2, 0) is 16.1 Å². The van der Waals surface area contributed by atoms with Crippen molar-refractivity contribution in [3.63, 3.8) is 0 Å². The summed E-state index contributed by atoms with van der Waals surface area (Å²) >= 11 is 1.27. The van der Waals surface area contributed by atoms with Crippen LogP contribution < -0.4 is 9.47 Å². The maximum atomic E-state index is 13.3. The number of furan rings is 1. The Morgan fingerprint density at radius 3 is 2.65 bits per heavy atom. The third-order valence-electron chi connectivity index (χ3n) is 4.90. The number of ether oxygens (including phenoxy) is 2. The van der Waals surface area contributed by atoms with Crippen LogP contribution in [0.5, 0.6) is 11.5 Å². The minimum absolute atomic E-state index is 0.199. The number of aliphatic imine (C=N–C) groups is 1. The molecule has 8 nitrogen and oxygen atoms in total. The van der Waals surface area contributed by atoms with Crippen LogP contribution in [0.2, 0.25) is 0 Å². The fourth-order valence-corrected chi connectivity index (χ4v) is 4.16. The molecule has 3 aromatic rings. The molecule has 2 heterocycles. The Balaban J connectivity index is 1.64. The smallest absolute Gasteiger partial charge is 0.344 e. The number of thioether (sulfide) groups is 1. The average Bonchev–Trinajstić information content (AvgIpc) is 3.45. The van der Waals surface area contributed by atoms with Gasteiger partial charge < -0.3 is 19.0 Å². The number of hydrogen-bond donors (Lipinski definition) is 1. The maximum Gasteiger partial charge on any atom is 0.344 e. The van der Waals surface area contributed by atoms with Crippen molar-refractivity contribution in [3.8, 4) is 11.5 Å². The number of amidine groups is 1. The van der Waals surface area contributed by atoms with Crippen LogP contribution in [0.4, 0.5) is 5.69 Å². The number of carboxylic acid groups (broad SMARTS) is 1. The van der Waals surface area contributed by atoms with E-state index in [0.717, 1.165) is 5.69 Å². The minimum Gasteiger partial charge on any atom is -0.493 e. The van der Waals surface area contributed by atoms with Crippen LogP contribution in [0.3, 0.4) is 0 Å². The van der Waals surface area contributed by atoms with Crippen molar-refractivity contribution < 1.29 is 28.6 Å². The lowest BCUT2D eigenvalue weighted by molar-refractivity contribution is -0.144. The van der Waals surface area contributed by atoms with Gasteiger partial charge in [-0.25, -0.2) is 9.79 Å². The van der Waals surface area contributed by atoms with Crippen LogP contribution >= 0.6 is 11.8 Å². The van der Waals surface area contributed by atoms with E-state index in [0.29, 0.717) is 32.9 Å². The van der Waals surface area contributed by atoms with E-state index in [1.165, 1.54) is 25.8 Å². The van der Waals surface area contributed by atoms with E-state index < -0.39 is 12.1 Å². The molecular weight excluding hydrogens is 456 g/mol. The van der Waals surface area contributed by atoms with Gasteiger partial charge in [0.15, 0.2) is 22.8 Å². The van der Waals surface area contributed by atoms with Crippen LogP contribution in [-0.4, -0.2) is 40.3 Å². The average molecular weight is 479 g/mol. The zero-order chi connectivity index (χ0) is 24.1. The van der Waals surface area contributed by atoms with Gasteiger partial charge in [0.1, 0.15) is 5.76 Å². The summed E-state index contributed by atoms with van der Waals surface area (Å²) in [6.45, 7) is 1.69. The molecule has 1 aliphatic heterocycles. The molecule has 1 unspecified atom stereocenters. The molecule has 1 aliphatic rings. The number of carbonyl (C=O) groups is 2. The molecule has 0 saturated carbocycles. The molecule has 0 aliphatic carbocycles. The van der Waals surface area contributed by atoms with Gasteiger partial charge in [-0.3, -0.25) is 9.69 Å². The van der Waals surface area contributed by atoms with Crippen molar-refractivity contribution in [2.75, 3.05) is 7.11 Å². The van der Waals surface area contributed by atoms with E-state index in [1.807, 2.05) is 36.4 Å². The zero-order valence-corrected chi connectivity index (χ0v) is 19.3. The first kappa shape index (κ1) is 23.2. The molecule has 1 amide bonds. The standard InChI is InChI=1S/C25H22N2O6S/c1-16(24(29)30)33-20-11-10-17(13-21(20)31-2)14-22-23(28)27(15-19-9-6-12-32-19)25(34-22)26-18-7-4-3-5-8-18/h3-14,16H,15H2,1-2H3,(H,29,30). The second kappa shape index (κ2) is 10.3. The highest BCUT2D eigenvalue weighted by Crippen LogP contribution is 2.37. The third kappa shape index (κ3) is 5.32. The van der Waals surface area contributed by atoms with Gasteiger partial charge in [0, 0.05) is 0 Å². The Hall–Kier alpha value is -3.98. The van der Waals surface area contributed by atoms with Crippen molar-refractivity contribution in [1.82, 2.24) is 4.90 Å². The first-order valence-corrected chi connectivity index (χ1v) is 11.2. The van der Waals surface area contributed by atoms with E-state index in [9.17, 15) is 9.59 Å². The van der Waals surface area contributed by atoms with Gasteiger partial charge in [-0.2, -0.15) is 0 Å². The predicted octanol–water partition coefficient (Wildman–Crippen LogP) is 4.94. The van der Waals surface area contributed by atoms with Gasteiger partial charge in [-0.15, -0.1) is 0 Å². The molecule has 1 saturated heterocycles. The van der Waals surface area contributed by atoms with Crippen molar-refractivity contribution in [3.05, 3.63) is 83.2 Å². The molecule has 0 radical (unpaired) electrons. The summed E-state index contributed by atoms with van der Waals surface area (Å²) in [6, 6.07) is 18.0. The number of hydrogen-bond acceptors (Lipinski definition) is 7. The van der Waals surface area contributed by atoms with Crippen LogP contribution in [0, 0.1) is 0 Å². The quantitative estimate of drug-likeness (QED) is 0.457. The van der Waals surface area contributed by atoms with Gasteiger partial charge in [-0.1, -0.05) is 24.3 Å². The first-order valence-electron chi connectivity index (χ1n) is 10.4. The minimum atomic E-state index is -1.08. The molecule has 9 heteroatoms. The number of para-hydroxylation sites is 1. The van der Waals surface area contributed by atoms with Gasteiger partial charge in [-0.05, 0) is 66.7 Å². The van der Waals surface area contributed by atoms with E-state index >= 15 is 0 Å². The Morgan fingerprint density at radius 2 is 1.97 bits per heavy atom. The summed E-state index contributed by atoms with van der Waals surface area (Å²) in [6.07, 6.45) is 2.27. The number of benzene rings is 2. The molecule has 1 N–H and O–H groups in total. The van der Waals surface area contributed by atoms with Gasteiger partial charge in [0.2, 0.25) is 0 Å². The van der Waals surface area contributed by atoms with Crippen LogP contribution in [0.15, 0.2) is 81.2 Å². The van der Waals surface area contributed by atoms with E-state index in [1.54, 1.807) is 41.5 Å². The third-order valence-corrected chi connectivity index (χ3v) is 5.91. The lowest BCUT2D eigenvalue weighted by atomic mass is 10.1. The molecule has 1 atom stereocenters. The lowest BCUT2D eigenvalue weighted by Gasteiger charge is -2.14. The number of rotatable bonds is 8. The lowest BCUT2D eigenvalue weighted by Crippen LogP contribution is -2.28. The fourth-order valence-electron chi connectivity index (χ4n) is 3.17. The number of amides is 1. The van der Waals surface area contributed by atoms with Crippen LogP contribution in [0.25, 0.3) is 6.08 Å². The number of nitrogens with zero attached hydrogens (tertiary/aromatic N) is 2. The van der Waals surface area contributed by atoms with Crippen molar-refractivity contribution in [1.29, 1.82) is 0 Å². The highest BCUT2D eigenvalue weighted by atomic mass is 32.2. The van der Waals surface area contributed by atoms with Gasteiger partial charge >= 0.3 is 5.97 Å². The number of carboxylic acids is 1. The summed E-state index contributed by atoms with van der Waals surface area (Å²) in [5.74, 6) is 0.0314. The van der Waals surface area contributed by atoms with Crippen molar-refractivity contribution >= 4 is 40.6 Å². The summed E-state index contributed by atoms with van der Waals surface area (Å²) in [4.78, 5) is 31.1. The Morgan fingerprint density at radius 1 is 1.18 bits per heavy atom. The first-order chi connectivity index (χ1) is 16.4. The number of carbonyl (C=O) groups excluding carboxylic acids is 1. The molecule has 0 bridgehead atoms. The zero-order valence-electron chi connectivity index (χ0n) is 18.5. The SMILES string of the molecule is COc1cc(C=C2SC(=Nc3ccccc3)N(Cc3ccco3)C2=O)ccc1OC(C)C(=O)O. The molecule has 174 valence electrons. The summed E-state index contributed by atoms with van der Waals surface area (Å²) < 4.78 is 16.2. The van der Waals surface area contributed by atoms with Crippen LogP contribution in [0.1, 0.15) is 18.2 Å². The summed E-state index contributed by atoms with van der Waals surface area (Å²) in [5.41, 5.74) is 1.43. The molecule has 1 aromatic heterocycles. The molecule has 4 rings (SSSR count). The van der Waals surface area contributed by atoms with Gasteiger partial charge in [0.25, 0.3) is 5.91 Å². The predicted molar refractivity (Wildman–Crippen MR) is 129 cm³/mol. The highest BCUT2D eigenvalue weighted by molar-refractivity contribution is 8.18. The summed E-state index contributed by atoms with van der Waals surface area (Å²) in [7, 11) is 1.47. The fraction of sp³-hybridized carbons (Fsp3) is 0.160. The molecule has 0 spiro atoms. The molecular formula is C25H22N2O6S. The molecule has 1 fully saturated rings. The Bertz CT molecular complexity index is 1240. The largest absolute Gasteiger partial charge is 0.493 e. The molecule has 2 aromatic carbocycles. The van der Waals surface area contributed by atoms with Crippen molar-refractivity contribution in [2.45, 2.75) is 19.6 Å². The second-order valence-corrected chi connectivity index (χ2v) is 8.33. The maximum absolute atomic E-state index is 13.3. The van der Waals surface area contributed by atoms with E-state index in [4.69, 9.17) is 19.0 Å². The Labute approximate surface area is 200 Å². The van der Waals surface area contributed by atoms with E-state index in [2.05, 4.69) is 4.99 Å². The topological polar surface area (TPSA) is 102 Å². The normalized spacial score (nSPS) is 16.8. The van der Waals surface area contributed by atoms with E-state index in [-0.39, 0.29) is 12.5 Å².